The number of aliphatic hydroxyl groups excluding tert-OH is 1. The van der Waals surface area contributed by atoms with E-state index in [4.69, 9.17) is 16.3 Å². The van der Waals surface area contributed by atoms with Crippen LogP contribution in [0.3, 0.4) is 0 Å². The normalized spacial score (nSPS) is 22.1. The first kappa shape index (κ1) is 19.5. The Labute approximate surface area is 168 Å². The van der Waals surface area contributed by atoms with Crippen LogP contribution in [0.4, 0.5) is 14.5 Å². The van der Waals surface area contributed by atoms with Crippen LogP contribution in [0.1, 0.15) is 42.9 Å². The van der Waals surface area contributed by atoms with Crippen molar-refractivity contribution in [1.29, 1.82) is 0 Å². The van der Waals surface area contributed by atoms with E-state index < -0.39 is 17.7 Å². The molecule has 0 amide bonds. The van der Waals surface area contributed by atoms with Crippen LogP contribution in [0, 0.1) is 17.6 Å². The molecule has 1 aliphatic heterocycles. The first-order valence-electron chi connectivity index (χ1n) is 9.85. The lowest BCUT2D eigenvalue weighted by molar-refractivity contribution is 0.180. The molecule has 1 aliphatic carbocycles. The van der Waals surface area contributed by atoms with E-state index in [2.05, 4.69) is 0 Å². The second kappa shape index (κ2) is 8.26. The topological polar surface area (TPSA) is 32.7 Å². The number of anilines is 1. The van der Waals surface area contributed by atoms with Crippen molar-refractivity contribution in [3.63, 3.8) is 0 Å². The Morgan fingerprint density at radius 3 is 2.68 bits per heavy atom. The third kappa shape index (κ3) is 3.96. The molecule has 2 atom stereocenters. The standard InChI is InChI=1S/C22H24ClF2NO2/c23-15-11-18(24)22(19(25)12-15)26-9-2-3-14(8-10-26)13-28-21-5-1-4-16-17(21)6-7-20(16)27/h1,4-5,11-12,14,20,27H,2-3,6-10,13H2. The monoisotopic (exact) mass is 407 g/mol. The van der Waals surface area contributed by atoms with Gasteiger partial charge in [0, 0.05) is 23.7 Å². The number of rotatable bonds is 4. The van der Waals surface area contributed by atoms with Crippen LogP contribution in [0.5, 0.6) is 5.75 Å². The molecule has 0 saturated carbocycles. The molecule has 0 spiro atoms. The number of nitrogens with zero attached hydrogens (tertiary/aromatic N) is 1. The van der Waals surface area contributed by atoms with Crippen LogP contribution in [0.25, 0.3) is 0 Å². The first-order valence-corrected chi connectivity index (χ1v) is 10.2. The maximum absolute atomic E-state index is 14.2. The smallest absolute Gasteiger partial charge is 0.150 e. The van der Waals surface area contributed by atoms with E-state index in [1.165, 1.54) is 0 Å². The highest BCUT2D eigenvalue weighted by molar-refractivity contribution is 6.30. The maximum atomic E-state index is 14.2. The molecule has 2 aromatic rings. The third-order valence-corrected chi connectivity index (χ3v) is 6.03. The highest BCUT2D eigenvalue weighted by atomic mass is 35.5. The average Bonchev–Trinajstić information content (AvgIpc) is 2.89. The minimum absolute atomic E-state index is 0.0147. The zero-order valence-corrected chi connectivity index (χ0v) is 16.4. The lowest BCUT2D eigenvalue weighted by Crippen LogP contribution is -2.26. The van der Waals surface area contributed by atoms with Crippen LogP contribution in [0.15, 0.2) is 30.3 Å². The number of halogens is 3. The van der Waals surface area contributed by atoms with Crippen molar-refractivity contribution in [2.45, 2.75) is 38.2 Å². The summed E-state index contributed by atoms with van der Waals surface area (Å²) in [5, 5.41) is 10.1. The van der Waals surface area contributed by atoms with Crippen molar-refractivity contribution in [1.82, 2.24) is 0 Å². The highest BCUT2D eigenvalue weighted by Crippen LogP contribution is 2.37. The molecule has 0 radical (unpaired) electrons. The van der Waals surface area contributed by atoms with Gasteiger partial charge in [-0.1, -0.05) is 23.7 Å². The zero-order valence-electron chi connectivity index (χ0n) is 15.6. The molecule has 1 N–H and O–H groups in total. The summed E-state index contributed by atoms with van der Waals surface area (Å²) in [6.07, 6.45) is 3.78. The zero-order chi connectivity index (χ0) is 19.7. The Balaban J connectivity index is 1.39. The second-order valence-corrected chi connectivity index (χ2v) is 8.13. The summed E-state index contributed by atoms with van der Waals surface area (Å²) in [6, 6.07) is 8.16. The van der Waals surface area contributed by atoms with E-state index in [0.717, 1.165) is 61.1 Å². The van der Waals surface area contributed by atoms with E-state index >= 15 is 0 Å². The van der Waals surface area contributed by atoms with Crippen molar-refractivity contribution >= 4 is 17.3 Å². The Morgan fingerprint density at radius 1 is 1.11 bits per heavy atom. The largest absolute Gasteiger partial charge is 0.493 e. The molecular formula is C22H24ClF2NO2. The molecule has 0 bridgehead atoms. The van der Waals surface area contributed by atoms with Crippen molar-refractivity contribution < 1.29 is 18.6 Å². The third-order valence-electron chi connectivity index (χ3n) is 5.82. The van der Waals surface area contributed by atoms with E-state index in [0.29, 0.717) is 25.6 Å². The van der Waals surface area contributed by atoms with Gasteiger partial charge in [0.05, 0.1) is 12.7 Å². The fraction of sp³-hybridized carbons (Fsp3) is 0.455. The lowest BCUT2D eigenvalue weighted by atomic mass is 10.0. The maximum Gasteiger partial charge on any atom is 0.150 e. The molecule has 2 aromatic carbocycles. The predicted octanol–water partition coefficient (Wildman–Crippen LogP) is 5.28. The van der Waals surface area contributed by atoms with Crippen molar-refractivity contribution in [2.75, 3.05) is 24.6 Å². The average molecular weight is 408 g/mol. The van der Waals surface area contributed by atoms with Gasteiger partial charge in [0.1, 0.15) is 11.4 Å². The van der Waals surface area contributed by atoms with Gasteiger partial charge in [0.15, 0.2) is 11.6 Å². The summed E-state index contributed by atoms with van der Waals surface area (Å²) < 4.78 is 34.6. The van der Waals surface area contributed by atoms with Crippen molar-refractivity contribution in [2.24, 2.45) is 5.92 Å². The molecule has 3 nitrogen and oxygen atoms in total. The van der Waals surface area contributed by atoms with E-state index in [9.17, 15) is 13.9 Å². The summed E-state index contributed by atoms with van der Waals surface area (Å²) in [5.74, 6) is -0.0493. The molecule has 6 heteroatoms. The molecule has 28 heavy (non-hydrogen) atoms. The number of ether oxygens (including phenoxy) is 1. The number of fused-ring (bicyclic) bond motifs is 1. The number of aliphatic hydroxyl groups is 1. The summed E-state index contributed by atoms with van der Waals surface area (Å²) >= 11 is 5.73. The van der Waals surface area contributed by atoms with Crippen LogP contribution < -0.4 is 9.64 Å². The SMILES string of the molecule is OC1CCc2c(OCC3CCCN(c4c(F)cc(Cl)cc4F)CC3)cccc21. The summed E-state index contributed by atoms with van der Waals surface area (Å²) in [5.41, 5.74) is 2.09. The van der Waals surface area contributed by atoms with Crippen LogP contribution >= 0.6 is 11.6 Å². The minimum Gasteiger partial charge on any atom is -0.493 e. The van der Waals surface area contributed by atoms with Crippen molar-refractivity contribution in [3.8, 4) is 5.75 Å². The minimum atomic E-state index is -0.613. The lowest BCUT2D eigenvalue weighted by Gasteiger charge is -2.24. The van der Waals surface area contributed by atoms with E-state index in [1.54, 1.807) is 4.90 Å². The molecule has 2 unspecified atom stereocenters. The van der Waals surface area contributed by atoms with Gasteiger partial charge in [0.25, 0.3) is 0 Å². The molecule has 2 aliphatic rings. The predicted molar refractivity (Wildman–Crippen MR) is 106 cm³/mol. The Bertz CT molecular complexity index is 837. The summed E-state index contributed by atoms with van der Waals surface area (Å²) in [6.45, 7) is 1.76. The highest BCUT2D eigenvalue weighted by Gasteiger charge is 2.25. The molecule has 1 fully saturated rings. The van der Waals surface area contributed by atoms with Gasteiger partial charge in [-0.2, -0.15) is 0 Å². The molecule has 0 aromatic heterocycles. The molecule has 150 valence electrons. The quantitative estimate of drug-likeness (QED) is 0.748. The van der Waals surface area contributed by atoms with Gasteiger partial charge in [-0.15, -0.1) is 0 Å². The number of hydrogen-bond donors (Lipinski definition) is 1. The van der Waals surface area contributed by atoms with Gasteiger partial charge >= 0.3 is 0 Å². The van der Waals surface area contributed by atoms with Crippen LogP contribution in [-0.4, -0.2) is 24.8 Å². The first-order chi connectivity index (χ1) is 13.5. The fourth-order valence-electron chi connectivity index (χ4n) is 4.33. The number of benzene rings is 2. The Morgan fingerprint density at radius 2 is 1.89 bits per heavy atom. The Hall–Kier alpha value is -1.85. The Kier molecular flexibility index (Phi) is 5.74. The van der Waals surface area contributed by atoms with Gasteiger partial charge in [-0.05, 0) is 61.8 Å². The van der Waals surface area contributed by atoms with Crippen molar-refractivity contribution in [3.05, 3.63) is 58.1 Å². The second-order valence-electron chi connectivity index (χ2n) is 7.69. The molecule has 4 rings (SSSR count). The molecule has 1 saturated heterocycles. The van der Waals surface area contributed by atoms with E-state index in [1.807, 2.05) is 18.2 Å². The van der Waals surface area contributed by atoms with Gasteiger partial charge in [0.2, 0.25) is 0 Å². The van der Waals surface area contributed by atoms with Crippen LogP contribution in [0.2, 0.25) is 5.02 Å². The van der Waals surface area contributed by atoms with E-state index in [-0.39, 0.29) is 10.7 Å². The van der Waals surface area contributed by atoms with Gasteiger partial charge in [-0.3, -0.25) is 0 Å². The van der Waals surface area contributed by atoms with Gasteiger partial charge < -0.3 is 14.7 Å². The summed E-state index contributed by atoms with van der Waals surface area (Å²) in [7, 11) is 0. The summed E-state index contributed by atoms with van der Waals surface area (Å²) in [4.78, 5) is 1.78. The molecular weight excluding hydrogens is 384 g/mol. The number of hydrogen-bond acceptors (Lipinski definition) is 3. The van der Waals surface area contributed by atoms with Crippen LogP contribution in [-0.2, 0) is 6.42 Å². The fourth-order valence-corrected chi connectivity index (χ4v) is 4.53. The van der Waals surface area contributed by atoms with Gasteiger partial charge in [-0.25, -0.2) is 8.78 Å². The molecule has 1 heterocycles.